The van der Waals surface area contributed by atoms with Crippen molar-refractivity contribution in [3.8, 4) is 0 Å². The molecule has 1 aliphatic carbocycles. The van der Waals surface area contributed by atoms with Gasteiger partial charge in [-0.3, -0.25) is 0 Å². The lowest BCUT2D eigenvalue weighted by Crippen LogP contribution is -2.41. The van der Waals surface area contributed by atoms with Gasteiger partial charge in [0, 0.05) is 16.3 Å². The average Bonchev–Trinajstić information content (AvgIpc) is 3.11. The minimum Gasteiger partial charge on any atom is -0.398 e. The van der Waals surface area contributed by atoms with E-state index in [0.717, 1.165) is 25.0 Å². The van der Waals surface area contributed by atoms with E-state index in [2.05, 4.69) is 0 Å². The third-order valence-corrected chi connectivity index (χ3v) is 3.32. The Hall–Kier alpha value is -1.20. The van der Waals surface area contributed by atoms with Crippen LogP contribution in [-0.4, -0.2) is 11.3 Å². The summed E-state index contributed by atoms with van der Waals surface area (Å²) in [7, 11) is 0. The Labute approximate surface area is 113 Å². The molecule has 19 heavy (non-hydrogen) atoms. The van der Waals surface area contributed by atoms with E-state index in [1.54, 1.807) is 0 Å². The lowest BCUT2D eigenvalue weighted by molar-refractivity contribution is -0.245. The standard InChI is InChI=1S/C13H13ClF3NO/c14-9-3-4-11(18)10(7-9)12(19,13(15,16)17)6-5-8-1-2-8/h3-8,19H,1-2,18H2. The van der Waals surface area contributed by atoms with Crippen LogP contribution in [0.4, 0.5) is 18.9 Å². The molecular weight excluding hydrogens is 279 g/mol. The van der Waals surface area contributed by atoms with Gasteiger partial charge in [-0.15, -0.1) is 0 Å². The van der Waals surface area contributed by atoms with Crippen LogP contribution in [0.1, 0.15) is 18.4 Å². The molecule has 0 spiro atoms. The van der Waals surface area contributed by atoms with Crippen molar-refractivity contribution in [3.63, 3.8) is 0 Å². The lowest BCUT2D eigenvalue weighted by atomic mass is 9.90. The molecule has 104 valence electrons. The van der Waals surface area contributed by atoms with Gasteiger partial charge < -0.3 is 10.8 Å². The van der Waals surface area contributed by atoms with E-state index in [9.17, 15) is 18.3 Å². The minimum atomic E-state index is -4.86. The quantitative estimate of drug-likeness (QED) is 0.660. The summed E-state index contributed by atoms with van der Waals surface area (Å²) in [5, 5.41) is 10.1. The maximum Gasteiger partial charge on any atom is 0.425 e. The highest BCUT2D eigenvalue weighted by Gasteiger charge is 2.54. The molecular formula is C13H13ClF3NO. The summed E-state index contributed by atoms with van der Waals surface area (Å²) in [6.07, 6.45) is -1.03. The number of hydrogen-bond acceptors (Lipinski definition) is 2. The summed E-state index contributed by atoms with van der Waals surface area (Å²) < 4.78 is 39.5. The second kappa shape index (κ2) is 4.72. The number of hydrogen-bond donors (Lipinski definition) is 2. The maximum absolute atomic E-state index is 13.2. The number of rotatable bonds is 3. The highest BCUT2D eigenvalue weighted by molar-refractivity contribution is 6.30. The first kappa shape index (κ1) is 14.2. The fraction of sp³-hybridized carbons (Fsp3) is 0.385. The molecule has 0 heterocycles. The Balaban J connectivity index is 2.50. The Morgan fingerprint density at radius 1 is 1.32 bits per heavy atom. The average molecular weight is 292 g/mol. The first-order chi connectivity index (χ1) is 8.74. The van der Waals surface area contributed by atoms with Crippen LogP contribution in [0.2, 0.25) is 5.02 Å². The van der Waals surface area contributed by atoms with Crippen molar-refractivity contribution < 1.29 is 18.3 Å². The van der Waals surface area contributed by atoms with Crippen molar-refractivity contribution in [1.82, 2.24) is 0 Å². The summed E-state index contributed by atoms with van der Waals surface area (Å²) in [5.74, 6) is 0.106. The van der Waals surface area contributed by atoms with Crippen LogP contribution < -0.4 is 5.73 Å². The summed E-state index contributed by atoms with van der Waals surface area (Å²) in [6.45, 7) is 0. The molecule has 1 atom stereocenters. The number of alkyl halides is 3. The van der Waals surface area contributed by atoms with Crippen LogP contribution in [0.25, 0.3) is 0 Å². The van der Waals surface area contributed by atoms with Gasteiger partial charge in [-0.1, -0.05) is 17.7 Å². The Bertz CT molecular complexity index is 511. The number of anilines is 1. The molecule has 1 unspecified atom stereocenters. The molecule has 3 N–H and O–H groups in total. The van der Waals surface area contributed by atoms with Gasteiger partial charge in [0.05, 0.1) is 0 Å². The Morgan fingerprint density at radius 2 is 1.95 bits per heavy atom. The predicted octanol–water partition coefficient (Wildman–Crippen LogP) is 3.64. The molecule has 6 heteroatoms. The van der Waals surface area contributed by atoms with Crippen LogP contribution >= 0.6 is 11.6 Å². The van der Waals surface area contributed by atoms with E-state index in [0.29, 0.717) is 0 Å². The molecule has 2 nitrogen and oxygen atoms in total. The molecule has 0 aliphatic heterocycles. The van der Waals surface area contributed by atoms with Crippen LogP contribution in [0.15, 0.2) is 30.4 Å². The highest BCUT2D eigenvalue weighted by Crippen LogP contribution is 2.44. The van der Waals surface area contributed by atoms with E-state index in [1.807, 2.05) is 0 Å². The van der Waals surface area contributed by atoms with Gasteiger partial charge in [-0.2, -0.15) is 13.2 Å². The molecule has 1 aliphatic rings. The Kier molecular flexibility index (Phi) is 3.53. The van der Waals surface area contributed by atoms with Gasteiger partial charge in [0.2, 0.25) is 5.60 Å². The third-order valence-electron chi connectivity index (χ3n) is 3.09. The van der Waals surface area contributed by atoms with E-state index in [1.165, 1.54) is 18.2 Å². The molecule has 1 saturated carbocycles. The van der Waals surface area contributed by atoms with Gasteiger partial charge in [0.15, 0.2) is 0 Å². The largest absolute Gasteiger partial charge is 0.425 e. The van der Waals surface area contributed by atoms with Crippen molar-refractivity contribution in [2.45, 2.75) is 24.6 Å². The maximum atomic E-state index is 13.2. The third kappa shape index (κ3) is 2.87. The summed E-state index contributed by atoms with van der Waals surface area (Å²) >= 11 is 5.69. The van der Waals surface area contributed by atoms with Crippen molar-refractivity contribution in [2.24, 2.45) is 5.92 Å². The number of nitrogen functional groups attached to an aromatic ring is 1. The van der Waals surface area contributed by atoms with Crippen molar-refractivity contribution in [3.05, 3.63) is 40.9 Å². The van der Waals surface area contributed by atoms with Crippen LogP contribution in [0.3, 0.4) is 0 Å². The van der Waals surface area contributed by atoms with E-state index in [-0.39, 0.29) is 16.6 Å². The summed E-state index contributed by atoms with van der Waals surface area (Å²) in [6, 6.07) is 3.67. The first-order valence-corrected chi connectivity index (χ1v) is 6.16. The normalized spacial score (nSPS) is 19.6. The number of halogens is 4. The number of benzene rings is 1. The lowest BCUT2D eigenvalue weighted by Gasteiger charge is -2.29. The van der Waals surface area contributed by atoms with Crippen molar-refractivity contribution in [2.75, 3.05) is 5.73 Å². The Morgan fingerprint density at radius 3 is 2.47 bits per heavy atom. The van der Waals surface area contributed by atoms with Gasteiger partial charge in [0.25, 0.3) is 0 Å². The van der Waals surface area contributed by atoms with Gasteiger partial charge in [-0.05, 0) is 43.0 Å². The van der Waals surface area contributed by atoms with Crippen LogP contribution in [0.5, 0.6) is 0 Å². The molecule has 2 rings (SSSR count). The SMILES string of the molecule is Nc1ccc(Cl)cc1C(O)(C=CC1CC1)C(F)(F)F. The van der Waals surface area contributed by atoms with Crippen LogP contribution in [-0.2, 0) is 5.60 Å². The molecule has 1 aromatic rings. The molecule has 0 radical (unpaired) electrons. The van der Waals surface area contributed by atoms with E-state index < -0.39 is 17.3 Å². The van der Waals surface area contributed by atoms with Crippen molar-refractivity contribution in [1.29, 1.82) is 0 Å². The molecule has 1 fully saturated rings. The fourth-order valence-electron chi connectivity index (χ4n) is 1.76. The number of nitrogens with two attached hydrogens (primary N) is 1. The van der Waals surface area contributed by atoms with Gasteiger partial charge in [0.1, 0.15) is 0 Å². The number of aliphatic hydroxyl groups is 1. The zero-order chi connectivity index (χ0) is 14.3. The van der Waals surface area contributed by atoms with Gasteiger partial charge in [-0.25, -0.2) is 0 Å². The minimum absolute atomic E-state index is 0.0895. The van der Waals surface area contributed by atoms with E-state index >= 15 is 0 Å². The van der Waals surface area contributed by atoms with Crippen molar-refractivity contribution >= 4 is 17.3 Å². The second-order valence-corrected chi connectivity index (χ2v) is 5.13. The first-order valence-electron chi connectivity index (χ1n) is 5.78. The monoisotopic (exact) mass is 291 g/mol. The summed E-state index contributed by atoms with van der Waals surface area (Å²) in [5.41, 5.74) is 1.85. The molecule has 0 saturated heterocycles. The van der Waals surface area contributed by atoms with Gasteiger partial charge >= 0.3 is 6.18 Å². The summed E-state index contributed by atoms with van der Waals surface area (Å²) in [4.78, 5) is 0. The second-order valence-electron chi connectivity index (χ2n) is 4.69. The molecule has 0 aromatic heterocycles. The van der Waals surface area contributed by atoms with E-state index in [4.69, 9.17) is 17.3 Å². The molecule has 0 amide bonds. The fourth-order valence-corrected chi connectivity index (χ4v) is 1.93. The predicted molar refractivity (Wildman–Crippen MR) is 67.7 cm³/mol. The number of allylic oxidation sites excluding steroid dienone is 1. The smallest absolute Gasteiger partial charge is 0.398 e. The molecule has 0 bridgehead atoms. The zero-order valence-corrected chi connectivity index (χ0v) is 10.7. The highest BCUT2D eigenvalue weighted by atomic mass is 35.5. The van der Waals surface area contributed by atoms with Crippen LogP contribution in [0, 0.1) is 5.92 Å². The zero-order valence-electron chi connectivity index (χ0n) is 9.91. The molecule has 1 aromatic carbocycles. The topological polar surface area (TPSA) is 46.2 Å².